The molecular weight excluding hydrogens is 397 g/mol. The summed E-state index contributed by atoms with van der Waals surface area (Å²) in [5.74, 6) is -0.410. The molecule has 7 heteroatoms. The number of hydrogen-bond acceptors (Lipinski definition) is 3. The zero-order chi connectivity index (χ0) is 14.7. The first-order valence-corrected chi connectivity index (χ1v) is 7.07. The van der Waals surface area contributed by atoms with E-state index in [1.807, 2.05) is 0 Å². The third-order valence-electron chi connectivity index (χ3n) is 2.53. The van der Waals surface area contributed by atoms with Gasteiger partial charge in [-0.05, 0) is 34.1 Å². The van der Waals surface area contributed by atoms with Crippen LogP contribution in [0.15, 0.2) is 45.3 Å². The second-order valence-electron chi connectivity index (χ2n) is 3.87. The van der Waals surface area contributed by atoms with Crippen LogP contribution in [-0.4, -0.2) is 4.92 Å². The molecule has 0 amide bonds. The fourth-order valence-corrected chi connectivity index (χ4v) is 2.43. The van der Waals surface area contributed by atoms with Crippen LogP contribution in [0.4, 0.5) is 10.1 Å². The predicted molar refractivity (Wildman–Crippen MR) is 79.2 cm³/mol. The van der Waals surface area contributed by atoms with E-state index in [1.165, 1.54) is 18.2 Å². The molecule has 0 N–H and O–H groups in total. The quantitative estimate of drug-likeness (QED) is 0.541. The Bertz CT molecular complexity index is 664. The Labute approximate surface area is 131 Å². The van der Waals surface area contributed by atoms with Crippen LogP contribution in [0.2, 0.25) is 0 Å². The van der Waals surface area contributed by atoms with E-state index in [1.54, 1.807) is 18.2 Å². The molecule has 2 aromatic rings. The minimum absolute atomic E-state index is 0.0234. The van der Waals surface area contributed by atoms with Crippen LogP contribution in [0.25, 0.3) is 0 Å². The fourth-order valence-electron chi connectivity index (χ4n) is 1.56. The van der Waals surface area contributed by atoms with Crippen molar-refractivity contribution in [1.29, 1.82) is 0 Å². The van der Waals surface area contributed by atoms with E-state index < -0.39 is 10.7 Å². The van der Waals surface area contributed by atoms with Crippen LogP contribution in [0.1, 0.15) is 5.56 Å². The molecule has 4 nitrogen and oxygen atoms in total. The van der Waals surface area contributed by atoms with Gasteiger partial charge in [0.05, 0.1) is 4.92 Å². The maximum atomic E-state index is 13.5. The average Bonchev–Trinajstić information content (AvgIpc) is 2.41. The van der Waals surface area contributed by atoms with Crippen molar-refractivity contribution >= 4 is 37.5 Å². The molecule has 0 aliphatic rings. The highest BCUT2D eigenvalue weighted by Crippen LogP contribution is 2.30. The van der Waals surface area contributed by atoms with Gasteiger partial charge in [0.25, 0.3) is 5.69 Å². The molecule has 0 spiro atoms. The molecule has 0 aromatic heterocycles. The predicted octanol–water partition coefficient (Wildman–Crippen LogP) is 4.84. The van der Waals surface area contributed by atoms with Gasteiger partial charge in [-0.25, -0.2) is 4.39 Å². The van der Waals surface area contributed by atoms with Gasteiger partial charge in [0, 0.05) is 16.1 Å². The first-order valence-electron chi connectivity index (χ1n) is 5.48. The Balaban J connectivity index is 2.21. The lowest BCUT2D eigenvalue weighted by molar-refractivity contribution is -0.385. The molecule has 0 atom stereocenters. The van der Waals surface area contributed by atoms with E-state index in [-0.39, 0.29) is 18.0 Å². The molecule has 20 heavy (non-hydrogen) atoms. The Morgan fingerprint density at radius 3 is 2.70 bits per heavy atom. The lowest BCUT2D eigenvalue weighted by atomic mass is 10.2. The highest BCUT2D eigenvalue weighted by molar-refractivity contribution is 9.10. The van der Waals surface area contributed by atoms with E-state index in [0.717, 1.165) is 0 Å². The summed E-state index contributed by atoms with van der Waals surface area (Å²) in [6, 6.07) is 8.95. The number of benzene rings is 2. The summed E-state index contributed by atoms with van der Waals surface area (Å²) in [6.07, 6.45) is 0. The maximum absolute atomic E-state index is 13.5. The van der Waals surface area contributed by atoms with Crippen molar-refractivity contribution < 1.29 is 14.1 Å². The standard InChI is InChI=1S/C13H8Br2FNO3/c14-9-4-5-10(16)12(6-9)20-7-8-2-1-3-11(13(8)15)17(18)19/h1-6H,7H2. The van der Waals surface area contributed by atoms with Gasteiger partial charge in [-0.3, -0.25) is 10.1 Å². The molecule has 2 aromatic carbocycles. The van der Waals surface area contributed by atoms with Gasteiger partial charge in [-0.2, -0.15) is 0 Å². The second-order valence-corrected chi connectivity index (χ2v) is 5.58. The Kier molecular flexibility index (Phi) is 4.72. The first-order chi connectivity index (χ1) is 9.49. The van der Waals surface area contributed by atoms with Crippen LogP contribution in [0, 0.1) is 15.9 Å². The number of nitrogens with zero attached hydrogens (tertiary/aromatic N) is 1. The van der Waals surface area contributed by atoms with Crippen molar-refractivity contribution in [2.75, 3.05) is 0 Å². The van der Waals surface area contributed by atoms with E-state index in [9.17, 15) is 14.5 Å². The Hall–Kier alpha value is -1.47. The van der Waals surface area contributed by atoms with E-state index in [4.69, 9.17) is 4.74 Å². The van der Waals surface area contributed by atoms with Crippen molar-refractivity contribution in [1.82, 2.24) is 0 Å². The minimum Gasteiger partial charge on any atom is -0.486 e. The number of nitro groups is 1. The second kappa shape index (κ2) is 6.32. The van der Waals surface area contributed by atoms with Crippen LogP contribution >= 0.6 is 31.9 Å². The van der Waals surface area contributed by atoms with Crippen LogP contribution in [0.5, 0.6) is 5.75 Å². The Morgan fingerprint density at radius 1 is 1.25 bits per heavy atom. The number of rotatable bonds is 4. The van der Waals surface area contributed by atoms with Gasteiger partial charge in [-0.15, -0.1) is 0 Å². The van der Waals surface area contributed by atoms with Gasteiger partial charge < -0.3 is 4.74 Å². The van der Waals surface area contributed by atoms with Crippen LogP contribution in [-0.2, 0) is 6.61 Å². The van der Waals surface area contributed by atoms with Crippen LogP contribution < -0.4 is 4.74 Å². The number of ether oxygens (including phenoxy) is 1. The smallest absolute Gasteiger partial charge is 0.283 e. The van der Waals surface area contributed by atoms with E-state index in [0.29, 0.717) is 14.5 Å². The lowest BCUT2D eigenvalue weighted by Gasteiger charge is -2.09. The zero-order valence-corrected chi connectivity index (χ0v) is 13.1. The largest absolute Gasteiger partial charge is 0.486 e. The molecule has 0 unspecified atom stereocenters. The summed E-state index contributed by atoms with van der Waals surface area (Å²) >= 11 is 6.39. The topological polar surface area (TPSA) is 52.4 Å². The molecule has 0 radical (unpaired) electrons. The maximum Gasteiger partial charge on any atom is 0.283 e. The summed E-state index contributed by atoms with van der Waals surface area (Å²) in [7, 11) is 0. The SMILES string of the molecule is O=[N+]([O-])c1cccc(COc2cc(Br)ccc2F)c1Br. The van der Waals surface area contributed by atoms with Gasteiger partial charge in [-0.1, -0.05) is 28.1 Å². The molecule has 0 saturated heterocycles. The third-order valence-corrected chi connectivity index (χ3v) is 3.94. The van der Waals surface area contributed by atoms with Crippen molar-refractivity contribution in [3.05, 3.63) is 66.8 Å². The molecule has 0 fully saturated rings. The van der Waals surface area contributed by atoms with E-state index in [2.05, 4.69) is 31.9 Å². The molecule has 104 valence electrons. The average molecular weight is 405 g/mol. The van der Waals surface area contributed by atoms with Crippen molar-refractivity contribution in [3.8, 4) is 5.75 Å². The fraction of sp³-hybridized carbons (Fsp3) is 0.0769. The highest BCUT2D eigenvalue weighted by Gasteiger charge is 2.15. The Morgan fingerprint density at radius 2 is 2.00 bits per heavy atom. The highest BCUT2D eigenvalue weighted by atomic mass is 79.9. The number of hydrogen-bond donors (Lipinski definition) is 0. The van der Waals surface area contributed by atoms with Crippen LogP contribution in [0.3, 0.4) is 0 Å². The number of nitro benzene ring substituents is 1. The summed E-state index contributed by atoms with van der Waals surface area (Å²) in [5.41, 5.74) is 0.513. The first kappa shape index (κ1) is 14.9. The van der Waals surface area contributed by atoms with Crippen molar-refractivity contribution in [3.63, 3.8) is 0 Å². The monoisotopic (exact) mass is 403 g/mol. The molecule has 0 saturated carbocycles. The summed E-state index contributed by atoms with van der Waals surface area (Å²) in [6.45, 7) is 0.0234. The molecule has 0 aliphatic carbocycles. The normalized spacial score (nSPS) is 10.3. The summed E-state index contributed by atoms with van der Waals surface area (Å²) in [4.78, 5) is 10.3. The van der Waals surface area contributed by atoms with Crippen molar-refractivity contribution in [2.45, 2.75) is 6.61 Å². The minimum atomic E-state index is -0.493. The van der Waals surface area contributed by atoms with Gasteiger partial charge in [0.2, 0.25) is 0 Å². The zero-order valence-electron chi connectivity index (χ0n) is 9.98. The lowest BCUT2D eigenvalue weighted by Crippen LogP contribution is -2.00. The van der Waals surface area contributed by atoms with Gasteiger partial charge in [0.1, 0.15) is 11.1 Å². The summed E-state index contributed by atoms with van der Waals surface area (Å²) in [5, 5.41) is 10.8. The van der Waals surface area contributed by atoms with E-state index >= 15 is 0 Å². The summed E-state index contributed by atoms with van der Waals surface area (Å²) < 4.78 is 19.9. The molecule has 0 bridgehead atoms. The van der Waals surface area contributed by atoms with Crippen molar-refractivity contribution in [2.24, 2.45) is 0 Å². The third kappa shape index (κ3) is 3.34. The molecule has 0 heterocycles. The molecule has 2 rings (SSSR count). The molecular formula is C13H8Br2FNO3. The number of halogens is 3. The molecule has 0 aliphatic heterocycles. The van der Waals surface area contributed by atoms with Gasteiger partial charge in [0.15, 0.2) is 11.6 Å². The van der Waals surface area contributed by atoms with Gasteiger partial charge >= 0.3 is 0 Å².